The molecule has 0 bridgehead atoms. The molecule has 3 aromatic heterocycles. The SMILES string of the molecule is COc1cc(OC)c(Cl)c(-c2cc3cnc(Nc4ccc(N5CCOCC5)cn4)cc3n(Cc3cccc(NC(=O)/C=C/CN(C)C)c3)c2=O)c1Cl. The Bertz CT molecular complexity index is 2140. The number of morpholine rings is 1. The average Bonchev–Trinajstić information content (AvgIpc) is 3.14. The number of methoxy groups -OCH3 is 2. The number of anilines is 4. The summed E-state index contributed by atoms with van der Waals surface area (Å²) in [6.45, 7) is 3.76. The lowest BCUT2D eigenvalue weighted by atomic mass is 10.0. The summed E-state index contributed by atoms with van der Waals surface area (Å²) in [5.74, 6) is 1.44. The van der Waals surface area contributed by atoms with Crippen LogP contribution in [-0.2, 0) is 16.1 Å². The minimum Gasteiger partial charge on any atom is -0.495 e. The molecule has 1 saturated heterocycles. The molecule has 1 amide bonds. The van der Waals surface area contributed by atoms with Crippen molar-refractivity contribution in [3.63, 3.8) is 0 Å². The van der Waals surface area contributed by atoms with Gasteiger partial charge in [0.1, 0.15) is 23.1 Å². The van der Waals surface area contributed by atoms with Crippen LogP contribution in [0.25, 0.3) is 22.0 Å². The Morgan fingerprint density at radius 3 is 2.37 bits per heavy atom. The number of nitrogens with zero attached hydrogens (tertiary/aromatic N) is 5. The molecular weight excluding hydrogens is 705 g/mol. The number of halogens is 2. The molecule has 12 nitrogen and oxygen atoms in total. The first kappa shape index (κ1) is 36.6. The van der Waals surface area contributed by atoms with E-state index in [9.17, 15) is 9.59 Å². The summed E-state index contributed by atoms with van der Waals surface area (Å²) in [5.41, 5.74) is 3.11. The highest BCUT2D eigenvalue weighted by atomic mass is 35.5. The van der Waals surface area contributed by atoms with Gasteiger partial charge in [-0.15, -0.1) is 0 Å². The van der Waals surface area contributed by atoms with E-state index in [1.807, 2.05) is 55.5 Å². The number of carbonyl (C=O) groups excluding carboxylic acids is 1. The number of ether oxygens (including phenoxy) is 3. The van der Waals surface area contributed by atoms with Crippen LogP contribution in [0.1, 0.15) is 5.56 Å². The second-order valence-corrected chi connectivity index (χ2v) is 13.1. The van der Waals surface area contributed by atoms with E-state index in [1.165, 1.54) is 20.3 Å². The maximum atomic E-state index is 14.6. The molecule has 0 aliphatic carbocycles. The van der Waals surface area contributed by atoms with Crippen molar-refractivity contribution >= 4 is 63.0 Å². The van der Waals surface area contributed by atoms with Gasteiger partial charge in [0.2, 0.25) is 5.91 Å². The topological polar surface area (TPSA) is 123 Å². The van der Waals surface area contributed by atoms with Gasteiger partial charge in [-0.2, -0.15) is 0 Å². The lowest BCUT2D eigenvalue weighted by molar-refractivity contribution is -0.111. The third kappa shape index (κ3) is 8.32. The van der Waals surface area contributed by atoms with Gasteiger partial charge in [-0.25, -0.2) is 9.97 Å². The Hall–Kier alpha value is -5.14. The maximum absolute atomic E-state index is 14.6. The van der Waals surface area contributed by atoms with E-state index in [2.05, 4.69) is 25.5 Å². The number of hydrogen-bond acceptors (Lipinski definition) is 10. The van der Waals surface area contributed by atoms with Crippen LogP contribution in [0.5, 0.6) is 11.5 Å². The van der Waals surface area contributed by atoms with E-state index >= 15 is 0 Å². The summed E-state index contributed by atoms with van der Waals surface area (Å²) in [6.07, 6.45) is 6.77. The van der Waals surface area contributed by atoms with Gasteiger partial charge < -0.3 is 39.2 Å². The van der Waals surface area contributed by atoms with Crippen molar-refractivity contribution < 1.29 is 19.0 Å². The number of carbonyl (C=O) groups is 1. The summed E-state index contributed by atoms with van der Waals surface area (Å²) in [6, 6.07) is 16.3. The normalized spacial score (nSPS) is 13.2. The minimum absolute atomic E-state index is 0.148. The molecular formula is C38H39Cl2N7O5. The Morgan fingerprint density at radius 1 is 0.962 bits per heavy atom. The van der Waals surface area contributed by atoms with E-state index < -0.39 is 0 Å². The third-order valence-corrected chi connectivity index (χ3v) is 9.23. The number of benzene rings is 2. The quantitative estimate of drug-likeness (QED) is 0.138. The zero-order valence-corrected chi connectivity index (χ0v) is 30.8. The number of likely N-dealkylation sites (N-methyl/N-ethyl adjacent to an activating group) is 1. The highest BCUT2D eigenvalue weighted by Gasteiger charge is 2.23. The van der Waals surface area contributed by atoms with Gasteiger partial charge in [-0.05, 0) is 50.0 Å². The van der Waals surface area contributed by atoms with Crippen LogP contribution >= 0.6 is 23.2 Å². The van der Waals surface area contributed by atoms with Crippen LogP contribution < -0.4 is 30.6 Å². The number of amides is 1. The Kier molecular flexibility index (Phi) is 11.6. The van der Waals surface area contributed by atoms with Gasteiger partial charge >= 0.3 is 0 Å². The van der Waals surface area contributed by atoms with E-state index in [1.54, 1.807) is 41.1 Å². The predicted molar refractivity (Wildman–Crippen MR) is 207 cm³/mol. The highest BCUT2D eigenvalue weighted by Crippen LogP contribution is 2.45. The summed E-state index contributed by atoms with van der Waals surface area (Å²) >= 11 is 13.6. The van der Waals surface area contributed by atoms with E-state index in [0.717, 1.165) is 24.3 Å². The second kappa shape index (κ2) is 16.5. The molecule has 0 saturated carbocycles. The number of pyridine rings is 3. The first-order valence-electron chi connectivity index (χ1n) is 16.6. The van der Waals surface area contributed by atoms with Crippen molar-refractivity contribution in [2.75, 3.05) is 76.7 Å². The van der Waals surface area contributed by atoms with Crippen molar-refractivity contribution in [2.24, 2.45) is 0 Å². The zero-order valence-electron chi connectivity index (χ0n) is 29.3. The molecule has 52 heavy (non-hydrogen) atoms. The standard InChI is InChI=1S/C38H39Cl2N7O5/c1-45(2)12-6-9-34(48)43-26-8-5-7-24(17-26)23-47-29-19-33(44-32-11-10-27(22-42-32)46-13-15-52-16-14-46)41-21-25(29)18-28(38(47)49)35-36(39)30(50-3)20-31(51-4)37(35)40/h5-11,17-22H,12-16,23H2,1-4H3,(H,43,48)(H,41,42,44)/b9-6+. The Labute approximate surface area is 311 Å². The molecule has 14 heteroatoms. The fourth-order valence-electron chi connectivity index (χ4n) is 5.88. The summed E-state index contributed by atoms with van der Waals surface area (Å²) in [4.78, 5) is 40.6. The first-order chi connectivity index (χ1) is 25.1. The maximum Gasteiger partial charge on any atom is 0.259 e. The van der Waals surface area contributed by atoms with Crippen molar-refractivity contribution in [1.82, 2.24) is 19.4 Å². The fourth-order valence-corrected chi connectivity index (χ4v) is 6.59. The Morgan fingerprint density at radius 2 is 1.69 bits per heavy atom. The average molecular weight is 745 g/mol. The molecule has 0 spiro atoms. The highest BCUT2D eigenvalue weighted by molar-refractivity contribution is 6.41. The molecule has 0 unspecified atom stereocenters. The lowest BCUT2D eigenvalue weighted by Crippen LogP contribution is -2.36. The van der Waals surface area contributed by atoms with Gasteiger partial charge in [-0.1, -0.05) is 41.4 Å². The first-order valence-corrected chi connectivity index (χ1v) is 17.3. The third-order valence-electron chi connectivity index (χ3n) is 8.48. The molecule has 0 atom stereocenters. The predicted octanol–water partition coefficient (Wildman–Crippen LogP) is 6.47. The molecule has 0 radical (unpaired) electrons. The summed E-state index contributed by atoms with van der Waals surface area (Å²) in [7, 11) is 6.80. The van der Waals surface area contributed by atoms with Gasteiger partial charge in [0.15, 0.2) is 0 Å². The van der Waals surface area contributed by atoms with E-state index in [-0.39, 0.29) is 39.2 Å². The number of fused-ring (bicyclic) bond motifs is 1. The largest absolute Gasteiger partial charge is 0.495 e. The van der Waals surface area contributed by atoms with Crippen molar-refractivity contribution in [2.45, 2.75) is 6.54 Å². The van der Waals surface area contributed by atoms with Crippen LogP contribution in [0.2, 0.25) is 10.0 Å². The van der Waals surface area contributed by atoms with Gasteiger partial charge in [0, 0.05) is 60.7 Å². The van der Waals surface area contributed by atoms with Crippen LogP contribution in [0.4, 0.5) is 23.0 Å². The minimum atomic E-state index is -0.363. The molecule has 5 aromatic rings. The molecule has 1 aliphatic rings. The molecule has 270 valence electrons. The molecule has 6 rings (SSSR count). The number of nitrogens with one attached hydrogen (secondary N) is 2. The van der Waals surface area contributed by atoms with Crippen LogP contribution in [-0.4, -0.2) is 86.5 Å². The van der Waals surface area contributed by atoms with Gasteiger partial charge in [0.05, 0.1) is 67.0 Å². The van der Waals surface area contributed by atoms with Crippen molar-refractivity contribution in [1.29, 1.82) is 0 Å². The van der Waals surface area contributed by atoms with Gasteiger partial charge in [-0.3, -0.25) is 9.59 Å². The number of rotatable bonds is 12. The van der Waals surface area contributed by atoms with Crippen LogP contribution in [0.15, 0.2) is 83.9 Å². The Balaban J connectivity index is 1.41. The van der Waals surface area contributed by atoms with Crippen LogP contribution in [0, 0.1) is 0 Å². The van der Waals surface area contributed by atoms with E-state index in [0.29, 0.717) is 59.5 Å². The molecule has 2 aromatic carbocycles. The summed E-state index contributed by atoms with van der Waals surface area (Å²) < 4.78 is 18.1. The lowest BCUT2D eigenvalue weighted by Gasteiger charge is -2.28. The number of aromatic nitrogens is 3. The smallest absolute Gasteiger partial charge is 0.259 e. The molecule has 2 N–H and O–H groups in total. The fraction of sp³-hybridized carbons (Fsp3) is 0.263. The summed E-state index contributed by atoms with van der Waals surface area (Å²) in [5, 5.41) is 7.16. The second-order valence-electron chi connectivity index (χ2n) is 12.3. The van der Waals surface area contributed by atoms with Crippen LogP contribution in [0.3, 0.4) is 0 Å². The monoisotopic (exact) mass is 743 g/mol. The van der Waals surface area contributed by atoms with Gasteiger partial charge in [0.25, 0.3) is 5.56 Å². The molecule has 4 heterocycles. The van der Waals surface area contributed by atoms with Crippen molar-refractivity contribution in [3.05, 3.63) is 105 Å². The molecule has 1 aliphatic heterocycles. The number of hydrogen-bond donors (Lipinski definition) is 2. The molecule has 1 fully saturated rings. The van der Waals surface area contributed by atoms with Crippen molar-refractivity contribution in [3.8, 4) is 22.6 Å². The zero-order chi connectivity index (χ0) is 36.8. The van der Waals surface area contributed by atoms with E-state index in [4.69, 9.17) is 37.4 Å².